The van der Waals surface area contributed by atoms with Gasteiger partial charge in [0, 0.05) is 0 Å². The molecule has 0 heterocycles. The number of hydrogen-bond acceptors (Lipinski definition) is 4. The van der Waals surface area contributed by atoms with Crippen molar-refractivity contribution >= 4 is 73.7 Å². The van der Waals surface area contributed by atoms with Gasteiger partial charge in [0.25, 0.3) is 0 Å². The van der Waals surface area contributed by atoms with Crippen LogP contribution in [0.3, 0.4) is 0 Å². The number of benzene rings is 1. The Morgan fingerprint density at radius 2 is 1.96 bits per heavy atom. The van der Waals surface area contributed by atoms with Crippen LogP contribution in [0.1, 0.15) is 12.8 Å². The van der Waals surface area contributed by atoms with Crippen LogP contribution in [0.15, 0.2) is 33.6 Å². The maximum atomic E-state index is 10.8. The van der Waals surface area contributed by atoms with Crippen molar-refractivity contribution in [3.05, 3.63) is 40.8 Å². The highest BCUT2D eigenvalue weighted by Crippen LogP contribution is 2.35. The molecule has 1 aromatic carbocycles. The van der Waals surface area contributed by atoms with Gasteiger partial charge in [0.1, 0.15) is 23.3 Å². The summed E-state index contributed by atoms with van der Waals surface area (Å²) >= 11 is 6.29. The van der Waals surface area contributed by atoms with Gasteiger partial charge in [-0.15, -0.1) is 0 Å². The van der Waals surface area contributed by atoms with E-state index in [4.69, 9.17) is 15.6 Å². The number of ether oxygens (including phenoxy) is 1. The van der Waals surface area contributed by atoms with Crippen LogP contribution in [0.5, 0.6) is 11.5 Å². The number of carbonyl (C=O) groups is 1. The SMILES string of the molecule is NC(CC1C=C(I)C(Oc2cc(I)c(O)c(I)c2)=CC1)C(=O)O. The van der Waals surface area contributed by atoms with Crippen LogP contribution in [0.2, 0.25) is 0 Å². The van der Waals surface area contributed by atoms with Gasteiger partial charge in [0.05, 0.1) is 10.7 Å². The third-order valence-corrected chi connectivity index (χ3v) is 5.85. The fourth-order valence-electron chi connectivity index (χ4n) is 2.12. The number of carboxylic acid groups (broad SMARTS) is 1. The highest BCUT2D eigenvalue weighted by molar-refractivity contribution is 14.1. The fourth-order valence-corrected chi connectivity index (χ4v) is 4.67. The number of rotatable bonds is 5. The van der Waals surface area contributed by atoms with Crippen LogP contribution in [-0.2, 0) is 4.79 Å². The summed E-state index contributed by atoms with van der Waals surface area (Å²) in [5, 5.41) is 18.7. The predicted octanol–water partition coefficient (Wildman–Crippen LogP) is 4.00. The Bertz CT molecular complexity index is 664. The Kier molecular flexibility index (Phi) is 6.98. The molecule has 4 N–H and O–H groups in total. The van der Waals surface area contributed by atoms with Gasteiger partial charge in [-0.25, -0.2) is 0 Å². The minimum absolute atomic E-state index is 0.0976. The molecule has 0 saturated heterocycles. The topological polar surface area (TPSA) is 92.8 Å². The second-order valence-corrected chi connectivity index (χ2v) is 8.58. The summed E-state index contributed by atoms with van der Waals surface area (Å²) in [4.78, 5) is 10.8. The lowest BCUT2D eigenvalue weighted by molar-refractivity contribution is -0.138. The molecule has 5 nitrogen and oxygen atoms in total. The molecule has 0 saturated carbocycles. The molecule has 23 heavy (non-hydrogen) atoms. The molecule has 0 amide bonds. The molecule has 0 aliphatic heterocycles. The van der Waals surface area contributed by atoms with E-state index in [9.17, 15) is 9.90 Å². The maximum Gasteiger partial charge on any atom is 0.320 e. The van der Waals surface area contributed by atoms with E-state index in [0.29, 0.717) is 18.6 Å². The van der Waals surface area contributed by atoms with Crippen molar-refractivity contribution in [1.82, 2.24) is 0 Å². The molecule has 0 aromatic heterocycles. The molecule has 1 aliphatic rings. The van der Waals surface area contributed by atoms with E-state index in [1.165, 1.54) is 0 Å². The summed E-state index contributed by atoms with van der Waals surface area (Å²) in [6.45, 7) is 0. The van der Waals surface area contributed by atoms with E-state index >= 15 is 0 Å². The number of aromatic hydroxyl groups is 1. The number of phenolic OH excluding ortho intramolecular Hbond substituents is 1. The van der Waals surface area contributed by atoms with E-state index in [1.54, 1.807) is 12.1 Å². The van der Waals surface area contributed by atoms with Crippen molar-refractivity contribution in [3.63, 3.8) is 0 Å². The zero-order valence-electron chi connectivity index (χ0n) is 11.8. The molecular weight excluding hydrogens is 639 g/mol. The quantitative estimate of drug-likeness (QED) is 0.419. The number of nitrogens with two attached hydrogens (primary N) is 1. The monoisotopic (exact) mass is 653 g/mol. The Morgan fingerprint density at radius 1 is 1.35 bits per heavy atom. The first-order valence-corrected chi connectivity index (χ1v) is 9.93. The number of allylic oxidation sites excluding steroid dienone is 3. The van der Waals surface area contributed by atoms with E-state index in [-0.39, 0.29) is 11.7 Å². The number of hydrogen-bond donors (Lipinski definition) is 3. The van der Waals surface area contributed by atoms with Crippen molar-refractivity contribution in [2.24, 2.45) is 11.7 Å². The Hall–Kier alpha value is -0.0800. The minimum Gasteiger partial charge on any atom is -0.506 e. The Labute approximate surface area is 174 Å². The van der Waals surface area contributed by atoms with Crippen LogP contribution in [0.25, 0.3) is 0 Å². The summed E-state index contributed by atoms with van der Waals surface area (Å²) in [5.74, 6) is 0.770. The predicted molar refractivity (Wildman–Crippen MR) is 113 cm³/mol. The van der Waals surface area contributed by atoms with Gasteiger partial charge in [-0.2, -0.15) is 0 Å². The van der Waals surface area contributed by atoms with Gasteiger partial charge in [0.2, 0.25) is 0 Å². The second-order valence-electron chi connectivity index (χ2n) is 5.10. The third kappa shape index (κ3) is 5.19. The highest BCUT2D eigenvalue weighted by Gasteiger charge is 2.21. The standard InChI is InChI=1S/C15H14I3NO4/c16-9-3-7(4-12(19)15(21)22)1-2-13(9)23-8-5-10(17)14(20)11(18)6-8/h2-3,5-7,12,20H,1,4,19H2,(H,21,22). The van der Waals surface area contributed by atoms with Crippen LogP contribution in [0, 0.1) is 13.1 Å². The molecule has 124 valence electrons. The molecule has 0 radical (unpaired) electrons. The molecule has 2 rings (SSSR count). The van der Waals surface area contributed by atoms with Crippen molar-refractivity contribution in [2.75, 3.05) is 0 Å². The summed E-state index contributed by atoms with van der Waals surface area (Å²) in [6.07, 6.45) is 5.04. The summed E-state index contributed by atoms with van der Waals surface area (Å²) < 4.78 is 8.28. The number of halogens is 3. The minimum atomic E-state index is -0.979. The van der Waals surface area contributed by atoms with Crippen LogP contribution in [0.4, 0.5) is 0 Å². The molecule has 1 aliphatic carbocycles. The molecule has 8 heteroatoms. The van der Waals surface area contributed by atoms with Crippen LogP contribution < -0.4 is 10.5 Å². The van der Waals surface area contributed by atoms with E-state index < -0.39 is 12.0 Å². The third-order valence-electron chi connectivity index (χ3n) is 3.32. The maximum absolute atomic E-state index is 10.8. The van der Waals surface area contributed by atoms with Gasteiger partial charge >= 0.3 is 5.97 Å². The van der Waals surface area contributed by atoms with Crippen LogP contribution in [-0.4, -0.2) is 22.2 Å². The zero-order valence-corrected chi connectivity index (χ0v) is 18.3. The van der Waals surface area contributed by atoms with E-state index in [0.717, 1.165) is 16.5 Å². The second kappa shape index (κ2) is 8.34. The molecular formula is C15H14I3NO4. The largest absolute Gasteiger partial charge is 0.506 e. The summed E-state index contributed by atoms with van der Waals surface area (Å²) in [5.41, 5.74) is 5.59. The lowest BCUT2D eigenvalue weighted by atomic mass is 9.93. The molecule has 2 unspecified atom stereocenters. The lowest BCUT2D eigenvalue weighted by Crippen LogP contribution is -2.32. The van der Waals surface area contributed by atoms with Crippen molar-refractivity contribution < 1.29 is 19.7 Å². The van der Waals surface area contributed by atoms with Gasteiger partial charge in [-0.3, -0.25) is 4.79 Å². The Morgan fingerprint density at radius 3 is 2.48 bits per heavy atom. The average molecular weight is 653 g/mol. The van der Waals surface area contributed by atoms with Gasteiger partial charge < -0.3 is 20.7 Å². The van der Waals surface area contributed by atoms with Crippen molar-refractivity contribution in [3.8, 4) is 11.5 Å². The molecule has 0 fully saturated rings. The first-order valence-electron chi connectivity index (χ1n) is 6.70. The highest BCUT2D eigenvalue weighted by atomic mass is 127. The first kappa shape index (κ1) is 19.2. The summed E-state index contributed by atoms with van der Waals surface area (Å²) in [6, 6.07) is 2.70. The van der Waals surface area contributed by atoms with Gasteiger partial charge in [0.15, 0.2) is 0 Å². The van der Waals surface area contributed by atoms with Gasteiger partial charge in [-0.05, 0) is 105 Å². The number of aliphatic carboxylic acids is 1. The van der Waals surface area contributed by atoms with Crippen LogP contribution >= 0.6 is 67.8 Å². The molecule has 2 atom stereocenters. The summed E-state index contributed by atoms with van der Waals surface area (Å²) in [7, 11) is 0. The normalized spacial score (nSPS) is 18.9. The molecule has 1 aromatic rings. The zero-order chi connectivity index (χ0) is 17.1. The van der Waals surface area contributed by atoms with Gasteiger partial charge in [-0.1, -0.05) is 6.08 Å². The molecule has 0 spiro atoms. The van der Waals surface area contributed by atoms with E-state index in [2.05, 4.69) is 67.8 Å². The lowest BCUT2D eigenvalue weighted by Gasteiger charge is -2.21. The van der Waals surface area contributed by atoms with Crippen molar-refractivity contribution in [2.45, 2.75) is 18.9 Å². The fraction of sp³-hybridized carbons (Fsp3) is 0.267. The van der Waals surface area contributed by atoms with Crippen molar-refractivity contribution in [1.29, 1.82) is 0 Å². The smallest absolute Gasteiger partial charge is 0.320 e. The first-order chi connectivity index (χ1) is 10.8. The number of carboxylic acids is 1. The van der Waals surface area contributed by atoms with E-state index in [1.807, 2.05) is 12.2 Å². The molecule has 0 bridgehead atoms. The number of phenols is 1. The Balaban J connectivity index is 2.07. The average Bonchev–Trinajstić information content (AvgIpc) is 2.47.